The van der Waals surface area contributed by atoms with Crippen molar-refractivity contribution < 1.29 is 0 Å². The first-order valence-electron chi connectivity index (χ1n) is 7.74. The fourth-order valence-corrected chi connectivity index (χ4v) is 2.53. The van der Waals surface area contributed by atoms with Crippen LogP contribution in [0.2, 0.25) is 0 Å². The highest BCUT2D eigenvalue weighted by atomic mass is 15.2. The van der Waals surface area contributed by atoms with E-state index < -0.39 is 0 Å². The van der Waals surface area contributed by atoms with Crippen LogP contribution in [0.25, 0.3) is 0 Å². The quantitative estimate of drug-likeness (QED) is 0.748. The molecule has 1 aromatic carbocycles. The van der Waals surface area contributed by atoms with Crippen molar-refractivity contribution in [2.24, 2.45) is 0 Å². The fraction of sp³-hybridized carbons (Fsp3) is 0.647. The monoisotopic (exact) mass is 262 g/mol. The largest absolute Gasteiger partial charge is 0.369 e. The lowest BCUT2D eigenvalue weighted by molar-refractivity contribution is 0.563. The maximum absolute atomic E-state index is 3.60. The van der Waals surface area contributed by atoms with E-state index in [1.165, 1.54) is 24.1 Å². The van der Waals surface area contributed by atoms with E-state index in [-0.39, 0.29) is 0 Å². The van der Waals surface area contributed by atoms with Crippen LogP contribution in [0.15, 0.2) is 24.3 Å². The molecule has 0 saturated carbocycles. The Morgan fingerprint density at radius 3 is 2.37 bits per heavy atom. The summed E-state index contributed by atoms with van der Waals surface area (Å²) >= 11 is 0. The van der Waals surface area contributed by atoms with E-state index in [0.29, 0.717) is 12.1 Å². The van der Waals surface area contributed by atoms with Crippen molar-refractivity contribution in [3.05, 3.63) is 29.8 Å². The topological polar surface area (TPSA) is 15.3 Å². The fourth-order valence-electron chi connectivity index (χ4n) is 2.53. The van der Waals surface area contributed by atoms with Gasteiger partial charge in [-0.3, -0.25) is 0 Å². The van der Waals surface area contributed by atoms with Crippen molar-refractivity contribution in [2.45, 2.75) is 59.5 Å². The highest BCUT2D eigenvalue weighted by Crippen LogP contribution is 2.28. The Balaban J connectivity index is 2.99. The summed E-state index contributed by atoms with van der Waals surface area (Å²) in [6.45, 7) is 13.4. The van der Waals surface area contributed by atoms with E-state index in [1.807, 2.05) is 0 Å². The second kappa shape index (κ2) is 8.21. The number of para-hydroxylation sites is 1. The standard InChI is InChI=1S/C17H30N2/c1-6-13-18-15(5)16-11-9-10-12-17(16)19(8-3)14(4)7-2/h9-12,14-15,18H,6-8,13H2,1-5H3. The van der Waals surface area contributed by atoms with E-state index in [1.54, 1.807) is 0 Å². The highest BCUT2D eigenvalue weighted by Gasteiger charge is 2.17. The van der Waals surface area contributed by atoms with Crippen LogP contribution in [0.4, 0.5) is 5.69 Å². The highest BCUT2D eigenvalue weighted by molar-refractivity contribution is 5.55. The molecule has 0 heterocycles. The first-order valence-corrected chi connectivity index (χ1v) is 7.74. The number of nitrogens with zero attached hydrogens (tertiary/aromatic N) is 1. The molecule has 0 aliphatic heterocycles. The Labute approximate surface area is 119 Å². The molecule has 1 N–H and O–H groups in total. The van der Waals surface area contributed by atoms with Gasteiger partial charge in [-0.25, -0.2) is 0 Å². The van der Waals surface area contributed by atoms with Crippen molar-refractivity contribution in [2.75, 3.05) is 18.0 Å². The summed E-state index contributed by atoms with van der Waals surface area (Å²) in [6, 6.07) is 9.81. The van der Waals surface area contributed by atoms with Gasteiger partial charge in [-0.1, -0.05) is 32.0 Å². The molecule has 0 spiro atoms. The summed E-state index contributed by atoms with van der Waals surface area (Å²) in [6.07, 6.45) is 2.36. The Hall–Kier alpha value is -1.02. The minimum Gasteiger partial charge on any atom is -0.369 e. The minimum atomic E-state index is 0.411. The zero-order valence-corrected chi connectivity index (χ0v) is 13.2. The van der Waals surface area contributed by atoms with Crippen molar-refractivity contribution in [1.29, 1.82) is 0 Å². The summed E-state index contributed by atoms with van der Waals surface area (Å²) in [5.41, 5.74) is 2.80. The molecule has 0 aromatic heterocycles. The molecule has 0 bridgehead atoms. The first-order chi connectivity index (χ1) is 9.15. The van der Waals surface area contributed by atoms with E-state index >= 15 is 0 Å². The summed E-state index contributed by atoms with van der Waals surface area (Å²) < 4.78 is 0. The third kappa shape index (κ3) is 4.24. The molecule has 0 aliphatic rings. The number of hydrogen-bond donors (Lipinski definition) is 1. The predicted octanol–water partition coefficient (Wildman–Crippen LogP) is 4.37. The molecule has 2 unspecified atom stereocenters. The van der Waals surface area contributed by atoms with Gasteiger partial charge in [-0.15, -0.1) is 0 Å². The van der Waals surface area contributed by atoms with Crippen molar-refractivity contribution >= 4 is 5.69 Å². The molecular weight excluding hydrogens is 232 g/mol. The van der Waals surface area contributed by atoms with Crippen LogP contribution in [-0.4, -0.2) is 19.1 Å². The Kier molecular flexibility index (Phi) is 6.93. The van der Waals surface area contributed by atoms with Gasteiger partial charge in [0.05, 0.1) is 0 Å². The SMILES string of the molecule is CCCNC(C)c1ccccc1N(CC)C(C)CC. The van der Waals surface area contributed by atoms with Gasteiger partial charge in [0.15, 0.2) is 0 Å². The summed E-state index contributed by atoms with van der Waals surface area (Å²) in [4.78, 5) is 2.51. The van der Waals surface area contributed by atoms with Crippen LogP contribution in [0.5, 0.6) is 0 Å². The predicted molar refractivity (Wildman–Crippen MR) is 85.9 cm³/mol. The molecule has 0 radical (unpaired) electrons. The molecule has 0 amide bonds. The number of benzene rings is 1. The van der Waals surface area contributed by atoms with Crippen LogP contribution < -0.4 is 10.2 Å². The second-order valence-electron chi connectivity index (χ2n) is 5.28. The van der Waals surface area contributed by atoms with Gasteiger partial charge < -0.3 is 10.2 Å². The Morgan fingerprint density at radius 2 is 1.79 bits per heavy atom. The van der Waals surface area contributed by atoms with Crippen molar-refractivity contribution in [3.8, 4) is 0 Å². The van der Waals surface area contributed by atoms with Crippen molar-refractivity contribution in [3.63, 3.8) is 0 Å². The van der Waals surface area contributed by atoms with Gasteiger partial charge in [0.25, 0.3) is 0 Å². The van der Waals surface area contributed by atoms with Gasteiger partial charge in [-0.05, 0) is 51.8 Å². The summed E-state index contributed by atoms with van der Waals surface area (Å²) in [5.74, 6) is 0. The maximum atomic E-state index is 3.60. The zero-order valence-electron chi connectivity index (χ0n) is 13.2. The molecule has 2 nitrogen and oxygen atoms in total. The molecular formula is C17H30N2. The normalized spacial score (nSPS) is 14.2. The van der Waals surface area contributed by atoms with Crippen LogP contribution >= 0.6 is 0 Å². The maximum Gasteiger partial charge on any atom is 0.0416 e. The third-order valence-corrected chi connectivity index (χ3v) is 3.88. The molecule has 0 aliphatic carbocycles. The van der Waals surface area contributed by atoms with Gasteiger partial charge in [0, 0.05) is 24.3 Å². The van der Waals surface area contributed by atoms with Crippen LogP contribution in [-0.2, 0) is 0 Å². The lowest BCUT2D eigenvalue weighted by atomic mass is 10.0. The van der Waals surface area contributed by atoms with Gasteiger partial charge >= 0.3 is 0 Å². The van der Waals surface area contributed by atoms with Crippen LogP contribution in [0, 0.1) is 0 Å². The average molecular weight is 262 g/mol. The second-order valence-corrected chi connectivity index (χ2v) is 5.28. The Morgan fingerprint density at radius 1 is 1.11 bits per heavy atom. The van der Waals surface area contributed by atoms with Crippen LogP contribution in [0.1, 0.15) is 59.1 Å². The van der Waals surface area contributed by atoms with Gasteiger partial charge in [0.1, 0.15) is 0 Å². The van der Waals surface area contributed by atoms with E-state index in [4.69, 9.17) is 0 Å². The number of rotatable bonds is 8. The lowest BCUT2D eigenvalue weighted by Gasteiger charge is -2.33. The Bertz CT molecular complexity index is 362. The minimum absolute atomic E-state index is 0.411. The molecule has 0 saturated heterocycles. The number of anilines is 1. The number of nitrogens with one attached hydrogen (secondary N) is 1. The van der Waals surface area contributed by atoms with Gasteiger partial charge in [0.2, 0.25) is 0 Å². The summed E-state index contributed by atoms with van der Waals surface area (Å²) in [7, 11) is 0. The van der Waals surface area contributed by atoms with E-state index in [0.717, 1.165) is 13.1 Å². The van der Waals surface area contributed by atoms with Gasteiger partial charge in [-0.2, -0.15) is 0 Å². The van der Waals surface area contributed by atoms with Crippen LogP contribution in [0.3, 0.4) is 0 Å². The molecule has 0 fully saturated rings. The van der Waals surface area contributed by atoms with E-state index in [2.05, 4.69) is 69.1 Å². The van der Waals surface area contributed by atoms with Crippen molar-refractivity contribution in [1.82, 2.24) is 5.32 Å². The molecule has 19 heavy (non-hydrogen) atoms. The molecule has 2 heteroatoms. The van der Waals surface area contributed by atoms with E-state index in [9.17, 15) is 0 Å². The third-order valence-electron chi connectivity index (χ3n) is 3.88. The molecule has 2 atom stereocenters. The first kappa shape index (κ1) is 16.0. The smallest absolute Gasteiger partial charge is 0.0416 e. The average Bonchev–Trinajstić information content (AvgIpc) is 2.45. The zero-order chi connectivity index (χ0) is 14.3. The lowest BCUT2D eigenvalue weighted by Crippen LogP contribution is -2.34. The molecule has 1 aromatic rings. The number of hydrogen-bond acceptors (Lipinski definition) is 2. The molecule has 1 rings (SSSR count). The summed E-state index contributed by atoms with van der Waals surface area (Å²) in [5, 5.41) is 3.60. The molecule has 108 valence electrons.